The highest BCUT2D eigenvalue weighted by Crippen LogP contribution is 2.24. The van der Waals surface area contributed by atoms with E-state index in [0.717, 1.165) is 5.39 Å². The van der Waals surface area contributed by atoms with Crippen molar-refractivity contribution in [3.63, 3.8) is 0 Å². The zero-order chi connectivity index (χ0) is 17.2. The molecule has 0 radical (unpaired) electrons. The second-order valence-corrected chi connectivity index (χ2v) is 5.98. The molecule has 1 saturated heterocycles. The summed E-state index contributed by atoms with van der Waals surface area (Å²) in [5.74, 6) is 0.00702. The molecule has 0 unspecified atom stereocenters. The summed E-state index contributed by atoms with van der Waals surface area (Å²) < 4.78 is 16.1. The molecule has 4 rings (SSSR count). The number of carbonyl (C=O) groups excluding carboxylic acids is 2. The van der Waals surface area contributed by atoms with E-state index in [1.54, 1.807) is 17.0 Å². The zero-order valence-electron chi connectivity index (χ0n) is 13.5. The largest absolute Gasteiger partial charge is 0.463 e. The topological polar surface area (TPSA) is 72.9 Å². The Labute approximate surface area is 144 Å². The van der Waals surface area contributed by atoms with Gasteiger partial charge in [0.1, 0.15) is 11.8 Å². The van der Waals surface area contributed by atoms with Crippen LogP contribution in [0.15, 0.2) is 57.8 Å². The van der Waals surface area contributed by atoms with Gasteiger partial charge in [-0.3, -0.25) is 9.59 Å². The molecule has 0 N–H and O–H groups in total. The maximum atomic E-state index is 13.0. The molecule has 0 saturated carbocycles. The van der Waals surface area contributed by atoms with Gasteiger partial charge < -0.3 is 18.5 Å². The van der Waals surface area contributed by atoms with Crippen molar-refractivity contribution >= 4 is 22.7 Å². The van der Waals surface area contributed by atoms with E-state index in [-0.39, 0.29) is 24.2 Å². The molecule has 1 aliphatic rings. The predicted octanol–water partition coefficient (Wildman–Crippen LogP) is 3.14. The van der Waals surface area contributed by atoms with Crippen molar-refractivity contribution in [3.8, 4) is 0 Å². The molecule has 25 heavy (non-hydrogen) atoms. The van der Waals surface area contributed by atoms with Crippen LogP contribution >= 0.6 is 0 Å². The molecule has 0 bridgehead atoms. The number of morpholine rings is 1. The first-order chi connectivity index (χ1) is 12.2. The second kappa shape index (κ2) is 6.57. The number of ketones is 1. The number of hydrogen-bond donors (Lipinski definition) is 0. The van der Waals surface area contributed by atoms with E-state index in [9.17, 15) is 9.59 Å². The van der Waals surface area contributed by atoms with Gasteiger partial charge in [-0.2, -0.15) is 0 Å². The molecule has 1 amide bonds. The third kappa shape index (κ3) is 2.96. The highest BCUT2D eigenvalue weighted by molar-refractivity contribution is 6.06. The summed E-state index contributed by atoms with van der Waals surface area (Å²) in [6.45, 7) is 1.22. The van der Waals surface area contributed by atoms with Crippen LogP contribution in [-0.4, -0.2) is 42.4 Å². The summed E-state index contributed by atoms with van der Waals surface area (Å²) in [4.78, 5) is 27.1. The molecule has 128 valence electrons. The summed E-state index contributed by atoms with van der Waals surface area (Å²) in [5, 5.41) is 0.773. The van der Waals surface area contributed by atoms with Crippen LogP contribution in [-0.2, 0) is 4.74 Å². The SMILES string of the molecule is O=C(C[C@H]1COCCN1C(=O)c1coc2ccccc12)c1ccco1. The van der Waals surface area contributed by atoms with Crippen molar-refractivity contribution in [1.82, 2.24) is 4.90 Å². The number of furan rings is 2. The number of Topliss-reactive ketones (excluding diaryl/α,β-unsaturated/α-hetero) is 1. The number of fused-ring (bicyclic) bond motifs is 1. The second-order valence-electron chi connectivity index (χ2n) is 5.98. The minimum absolute atomic E-state index is 0.143. The van der Waals surface area contributed by atoms with Gasteiger partial charge in [-0.15, -0.1) is 0 Å². The lowest BCUT2D eigenvalue weighted by atomic mass is 10.0. The van der Waals surface area contributed by atoms with E-state index in [0.29, 0.717) is 36.7 Å². The Balaban J connectivity index is 1.58. The average Bonchev–Trinajstić information content (AvgIpc) is 3.31. The third-order valence-electron chi connectivity index (χ3n) is 4.42. The van der Waals surface area contributed by atoms with E-state index >= 15 is 0 Å². The van der Waals surface area contributed by atoms with Crippen LogP contribution in [0.1, 0.15) is 27.3 Å². The fraction of sp³-hybridized carbons (Fsp3) is 0.263. The summed E-state index contributed by atoms with van der Waals surface area (Å²) in [6, 6.07) is 10.4. The van der Waals surface area contributed by atoms with Crippen molar-refractivity contribution in [1.29, 1.82) is 0 Å². The number of para-hydroxylation sites is 1. The van der Waals surface area contributed by atoms with E-state index < -0.39 is 0 Å². The van der Waals surface area contributed by atoms with Gasteiger partial charge in [0, 0.05) is 18.4 Å². The molecule has 6 nitrogen and oxygen atoms in total. The van der Waals surface area contributed by atoms with Crippen molar-refractivity contribution in [2.24, 2.45) is 0 Å². The lowest BCUT2D eigenvalue weighted by Crippen LogP contribution is -2.49. The lowest BCUT2D eigenvalue weighted by Gasteiger charge is -2.35. The number of carbonyl (C=O) groups is 2. The van der Waals surface area contributed by atoms with E-state index in [4.69, 9.17) is 13.6 Å². The molecule has 2 aromatic heterocycles. The van der Waals surface area contributed by atoms with Gasteiger partial charge in [-0.1, -0.05) is 18.2 Å². The van der Waals surface area contributed by atoms with Crippen molar-refractivity contribution in [2.45, 2.75) is 12.5 Å². The van der Waals surface area contributed by atoms with Gasteiger partial charge in [-0.05, 0) is 18.2 Å². The normalized spacial score (nSPS) is 17.8. The highest BCUT2D eigenvalue weighted by atomic mass is 16.5. The highest BCUT2D eigenvalue weighted by Gasteiger charge is 2.32. The van der Waals surface area contributed by atoms with Crippen molar-refractivity contribution in [3.05, 3.63) is 60.2 Å². The van der Waals surface area contributed by atoms with Gasteiger partial charge >= 0.3 is 0 Å². The van der Waals surface area contributed by atoms with Gasteiger partial charge in [-0.25, -0.2) is 0 Å². The van der Waals surface area contributed by atoms with Crippen LogP contribution < -0.4 is 0 Å². The molecule has 1 aromatic carbocycles. The Morgan fingerprint density at radius 3 is 2.84 bits per heavy atom. The van der Waals surface area contributed by atoms with E-state index in [1.807, 2.05) is 24.3 Å². The fourth-order valence-electron chi connectivity index (χ4n) is 3.14. The Kier molecular flexibility index (Phi) is 4.11. The lowest BCUT2D eigenvalue weighted by molar-refractivity contribution is -0.00297. The van der Waals surface area contributed by atoms with Gasteiger partial charge in [0.25, 0.3) is 5.91 Å². The van der Waals surface area contributed by atoms with Crippen LogP contribution in [0, 0.1) is 0 Å². The van der Waals surface area contributed by atoms with Crippen LogP contribution in [0.5, 0.6) is 0 Å². The number of amides is 1. The number of benzene rings is 1. The number of rotatable bonds is 4. The summed E-state index contributed by atoms with van der Waals surface area (Å²) >= 11 is 0. The van der Waals surface area contributed by atoms with Crippen molar-refractivity contribution in [2.75, 3.05) is 19.8 Å². The number of nitrogens with zero attached hydrogens (tertiary/aromatic N) is 1. The quantitative estimate of drug-likeness (QED) is 0.683. The van der Waals surface area contributed by atoms with Gasteiger partial charge in [0.2, 0.25) is 0 Å². The van der Waals surface area contributed by atoms with Crippen LogP contribution in [0.3, 0.4) is 0 Å². The minimum Gasteiger partial charge on any atom is -0.463 e. The third-order valence-corrected chi connectivity index (χ3v) is 4.42. The van der Waals surface area contributed by atoms with Gasteiger partial charge in [0.05, 0.1) is 31.1 Å². The van der Waals surface area contributed by atoms with Crippen LogP contribution in [0.2, 0.25) is 0 Å². The first-order valence-corrected chi connectivity index (χ1v) is 8.15. The molecule has 1 atom stereocenters. The number of ether oxygens (including phenoxy) is 1. The zero-order valence-corrected chi connectivity index (χ0v) is 13.5. The standard InChI is InChI=1S/C19H17NO5/c21-16(18-6-3-8-24-18)10-13-11-23-9-7-20(13)19(22)15-12-25-17-5-2-1-4-14(15)17/h1-6,8,12-13H,7,9-11H2/t13-/m0/s1. The molecule has 3 aromatic rings. The first-order valence-electron chi connectivity index (χ1n) is 8.15. The molecule has 6 heteroatoms. The van der Waals surface area contributed by atoms with Crippen LogP contribution in [0.4, 0.5) is 0 Å². The molecule has 1 fully saturated rings. The smallest absolute Gasteiger partial charge is 0.258 e. The maximum absolute atomic E-state index is 13.0. The Hall–Kier alpha value is -2.86. The summed E-state index contributed by atoms with van der Waals surface area (Å²) in [5.41, 5.74) is 1.18. The molecular weight excluding hydrogens is 322 g/mol. The van der Waals surface area contributed by atoms with Crippen LogP contribution in [0.25, 0.3) is 11.0 Å². The Morgan fingerprint density at radius 1 is 1.12 bits per heavy atom. The molecule has 0 spiro atoms. The molecular formula is C19H17NO5. The number of hydrogen-bond acceptors (Lipinski definition) is 5. The maximum Gasteiger partial charge on any atom is 0.258 e. The Morgan fingerprint density at radius 2 is 2.00 bits per heavy atom. The monoisotopic (exact) mass is 339 g/mol. The van der Waals surface area contributed by atoms with Gasteiger partial charge in [0.15, 0.2) is 11.5 Å². The summed E-state index contributed by atoms with van der Waals surface area (Å²) in [7, 11) is 0. The van der Waals surface area contributed by atoms with E-state index in [2.05, 4.69) is 0 Å². The molecule has 1 aliphatic heterocycles. The first kappa shape index (κ1) is 15.7. The summed E-state index contributed by atoms with van der Waals surface area (Å²) in [6.07, 6.45) is 3.11. The van der Waals surface area contributed by atoms with Crippen molar-refractivity contribution < 1.29 is 23.2 Å². The average molecular weight is 339 g/mol. The fourth-order valence-corrected chi connectivity index (χ4v) is 3.14. The minimum atomic E-state index is -0.326. The predicted molar refractivity (Wildman–Crippen MR) is 89.5 cm³/mol. The Bertz CT molecular complexity index is 896. The molecule has 0 aliphatic carbocycles. The molecule has 3 heterocycles. The van der Waals surface area contributed by atoms with E-state index in [1.165, 1.54) is 12.5 Å².